The smallest absolute Gasteiger partial charge is 0.350 e. The first-order chi connectivity index (χ1) is 6.52. The van der Waals surface area contributed by atoms with E-state index in [-0.39, 0.29) is 15.6 Å². The van der Waals surface area contributed by atoms with Crippen molar-refractivity contribution in [2.24, 2.45) is 5.73 Å². The van der Waals surface area contributed by atoms with Crippen molar-refractivity contribution in [3.63, 3.8) is 0 Å². The summed E-state index contributed by atoms with van der Waals surface area (Å²) < 4.78 is 4.32. The Hall–Kier alpha value is -1.52. The van der Waals surface area contributed by atoms with Crippen molar-refractivity contribution >= 4 is 40.4 Å². The maximum absolute atomic E-state index is 10.9. The predicted octanol–water partition coefficient (Wildman–Crippen LogP) is -0.230. The minimum absolute atomic E-state index is 0.0154. The molecule has 14 heavy (non-hydrogen) atoms. The lowest BCUT2D eigenvalue weighted by Crippen LogP contribution is -2.30. The van der Waals surface area contributed by atoms with Crippen molar-refractivity contribution in [1.82, 2.24) is 5.32 Å². The highest BCUT2D eigenvalue weighted by molar-refractivity contribution is 7.89. The number of ether oxygens (including phenoxy) is 1. The number of hydrogen-bond donors (Lipinski definition) is 2. The van der Waals surface area contributed by atoms with E-state index >= 15 is 0 Å². The number of carbonyl (C=O) groups is 1. The first kappa shape index (κ1) is 12.5. The van der Waals surface area contributed by atoms with Gasteiger partial charge in [-0.1, -0.05) is 24.4 Å². The molecule has 0 rings (SSSR count). The van der Waals surface area contributed by atoms with Gasteiger partial charge in [0.25, 0.3) is 0 Å². The maximum atomic E-state index is 10.9. The van der Waals surface area contributed by atoms with Gasteiger partial charge in [0.05, 0.1) is 7.11 Å². The number of nitriles is 1. The summed E-state index contributed by atoms with van der Waals surface area (Å²) in [4.78, 5) is 10.9. The average Bonchev–Trinajstić information content (AvgIpc) is 2.17. The van der Waals surface area contributed by atoms with Gasteiger partial charge in [-0.15, -0.1) is 0 Å². The van der Waals surface area contributed by atoms with E-state index in [9.17, 15) is 4.79 Å². The number of nitrogens with one attached hydrogen (secondary N) is 1. The first-order valence-corrected chi connectivity index (χ1v) is 4.13. The second kappa shape index (κ2) is 6.01. The zero-order valence-corrected chi connectivity index (χ0v) is 8.87. The first-order valence-electron chi connectivity index (χ1n) is 3.31. The normalized spacial score (nSPS) is 9.86. The summed E-state index contributed by atoms with van der Waals surface area (Å²) in [6, 6.07) is 1.63. The molecule has 0 aliphatic carbocycles. The van der Waals surface area contributed by atoms with E-state index in [1.54, 1.807) is 6.07 Å². The molecule has 0 atom stereocenters. The van der Waals surface area contributed by atoms with Crippen LogP contribution in [0.2, 0.25) is 0 Å². The summed E-state index contributed by atoms with van der Waals surface area (Å²) in [6.45, 7) is 0. The van der Waals surface area contributed by atoms with Gasteiger partial charge in [0.1, 0.15) is 16.0 Å². The van der Waals surface area contributed by atoms with Crippen molar-refractivity contribution in [3.05, 3.63) is 11.8 Å². The fraction of sp³-hybridized carbons (Fsp3) is 0.143. The molecule has 0 heterocycles. The monoisotopic (exact) mass is 229 g/mol. The molecule has 0 saturated carbocycles. The van der Waals surface area contributed by atoms with Crippen LogP contribution >= 0.6 is 24.4 Å². The molecule has 0 saturated heterocycles. The third-order valence-electron chi connectivity index (χ3n) is 1.10. The van der Waals surface area contributed by atoms with Gasteiger partial charge in [-0.3, -0.25) is 0 Å². The van der Waals surface area contributed by atoms with Gasteiger partial charge >= 0.3 is 5.97 Å². The summed E-state index contributed by atoms with van der Waals surface area (Å²) in [6.07, 6.45) is 1.09. The molecule has 0 fully saturated rings. The van der Waals surface area contributed by atoms with E-state index in [1.807, 2.05) is 0 Å². The number of esters is 1. The molecule has 0 spiro atoms. The summed E-state index contributed by atoms with van der Waals surface area (Å²) in [5.41, 5.74) is 4.96. The van der Waals surface area contributed by atoms with Gasteiger partial charge in [-0.25, -0.2) is 4.79 Å². The fourth-order valence-electron chi connectivity index (χ4n) is 0.456. The number of nitrogens with zero attached hydrogens (tertiary/aromatic N) is 1. The highest BCUT2D eigenvalue weighted by atomic mass is 32.1. The van der Waals surface area contributed by atoms with Crippen LogP contribution in [0.25, 0.3) is 0 Å². The highest BCUT2D eigenvalue weighted by Gasteiger charge is 2.08. The Morgan fingerprint density at radius 3 is 2.57 bits per heavy atom. The van der Waals surface area contributed by atoms with E-state index in [1.165, 1.54) is 7.11 Å². The van der Waals surface area contributed by atoms with Crippen LogP contribution in [0, 0.1) is 11.3 Å². The summed E-state index contributed by atoms with van der Waals surface area (Å²) in [5, 5.41) is 10.9. The van der Waals surface area contributed by atoms with E-state index < -0.39 is 5.97 Å². The molecule has 3 N–H and O–H groups in total. The van der Waals surface area contributed by atoms with Gasteiger partial charge in [-0.05, 0) is 0 Å². The molecule has 0 aromatic carbocycles. The Bertz CT molecular complexity index is 343. The Balaban J connectivity index is 4.50. The third kappa shape index (κ3) is 3.93. The van der Waals surface area contributed by atoms with E-state index in [4.69, 9.17) is 11.0 Å². The number of hydrogen-bond acceptors (Lipinski definition) is 5. The SMILES string of the molecule is COC(=O)/C(C#N)=C/NC(=S)C(N)=S. The van der Waals surface area contributed by atoms with Crippen molar-refractivity contribution in [2.75, 3.05) is 7.11 Å². The molecule has 74 valence electrons. The van der Waals surface area contributed by atoms with Crippen LogP contribution in [0.5, 0.6) is 0 Å². The third-order valence-corrected chi connectivity index (χ3v) is 1.77. The van der Waals surface area contributed by atoms with Crippen molar-refractivity contribution in [3.8, 4) is 6.07 Å². The van der Waals surface area contributed by atoms with Crippen LogP contribution in [0.4, 0.5) is 0 Å². The molecule has 7 heteroatoms. The van der Waals surface area contributed by atoms with Gasteiger partial charge < -0.3 is 15.8 Å². The lowest BCUT2D eigenvalue weighted by molar-refractivity contribution is -0.135. The molecule has 0 aromatic rings. The van der Waals surface area contributed by atoms with Crippen molar-refractivity contribution in [2.45, 2.75) is 0 Å². The molecule has 0 bridgehead atoms. The number of rotatable bonds is 2. The van der Waals surface area contributed by atoms with E-state index in [2.05, 4.69) is 34.5 Å². The lowest BCUT2D eigenvalue weighted by atomic mass is 10.3. The summed E-state index contributed by atoms with van der Waals surface area (Å²) in [5.74, 6) is -0.759. The predicted molar refractivity (Wildman–Crippen MR) is 58.2 cm³/mol. The lowest BCUT2D eigenvalue weighted by Gasteiger charge is -2.00. The van der Waals surface area contributed by atoms with Crippen molar-refractivity contribution in [1.29, 1.82) is 5.26 Å². The van der Waals surface area contributed by atoms with E-state index in [0.717, 1.165) is 6.20 Å². The number of nitrogens with two attached hydrogens (primary N) is 1. The zero-order chi connectivity index (χ0) is 11.1. The van der Waals surface area contributed by atoms with Gasteiger partial charge in [0.15, 0.2) is 5.57 Å². The molecule has 0 aliphatic heterocycles. The topological polar surface area (TPSA) is 88.1 Å². The molecule has 0 aliphatic rings. The number of carbonyl (C=O) groups excluding carboxylic acids is 1. The Labute approximate surface area is 91.5 Å². The quantitative estimate of drug-likeness (QED) is 0.292. The minimum Gasteiger partial charge on any atom is -0.465 e. The molecule has 0 unspecified atom stereocenters. The Morgan fingerprint density at radius 2 is 2.21 bits per heavy atom. The Morgan fingerprint density at radius 1 is 1.64 bits per heavy atom. The molecule has 0 radical (unpaired) electrons. The van der Waals surface area contributed by atoms with Crippen LogP contribution in [0.15, 0.2) is 11.8 Å². The maximum Gasteiger partial charge on any atom is 0.350 e. The van der Waals surface area contributed by atoms with Crippen molar-refractivity contribution < 1.29 is 9.53 Å². The number of thiocarbonyl (C=S) groups is 2. The molecular formula is C7H7N3O2S2. The van der Waals surface area contributed by atoms with Gasteiger partial charge in [-0.2, -0.15) is 5.26 Å². The summed E-state index contributed by atoms with van der Waals surface area (Å²) >= 11 is 9.23. The molecular weight excluding hydrogens is 222 g/mol. The van der Waals surface area contributed by atoms with Crippen LogP contribution < -0.4 is 11.1 Å². The van der Waals surface area contributed by atoms with Gasteiger partial charge in [0, 0.05) is 6.20 Å². The minimum atomic E-state index is -0.759. The van der Waals surface area contributed by atoms with Crippen LogP contribution in [0.3, 0.4) is 0 Å². The fourth-order valence-corrected chi connectivity index (χ4v) is 0.573. The second-order valence-electron chi connectivity index (χ2n) is 2.00. The highest BCUT2D eigenvalue weighted by Crippen LogP contribution is 1.93. The molecule has 5 nitrogen and oxygen atoms in total. The zero-order valence-electron chi connectivity index (χ0n) is 7.23. The van der Waals surface area contributed by atoms with Gasteiger partial charge in [0.2, 0.25) is 0 Å². The van der Waals surface area contributed by atoms with Crippen LogP contribution in [0.1, 0.15) is 0 Å². The number of methoxy groups -OCH3 is 1. The second-order valence-corrected chi connectivity index (χ2v) is 2.85. The standard InChI is InChI=1S/C7H7N3O2S2/c1-12-7(11)4(2-8)3-10-6(14)5(9)13/h3H,1H3,(H2,9,13)(H,10,14)/b4-3+. The molecule has 0 aromatic heterocycles. The average molecular weight is 229 g/mol. The summed E-state index contributed by atoms with van der Waals surface area (Å²) in [7, 11) is 1.17. The largest absolute Gasteiger partial charge is 0.465 e. The van der Waals surface area contributed by atoms with Crippen LogP contribution in [-0.4, -0.2) is 23.1 Å². The Kier molecular flexibility index (Phi) is 5.36. The van der Waals surface area contributed by atoms with Crippen LogP contribution in [-0.2, 0) is 9.53 Å². The van der Waals surface area contributed by atoms with E-state index in [0.29, 0.717) is 0 Å². The molecule has 0 amide bonds.